The molecule has 4 nitrogen and oxygen atoms in total. The van der Waals surface area contributed by atoms with E-state index in [0.717, 1.165) is 0 Å². The third-order valence-corrected chi connectivity index (χ3v) is 3.88. The van der Waals surface area contributed by atoms with Gasteiger partial charge < -0.3 is 4.90 Å². The smallest absolute Gasteiger partial charge is 0.228 e. The van der Waals surface area contributed by atoms with Crippen molar-refractivity contribution in [3.05, 3.63) is 0 Å². The predicted molar refractivity (Wildman–Crippen MR) is 54.7 cm³/mol. The number of hydrogen-bond donors (Lipinski definition) is 0. The molecule has 1 saturated heterocycles. The molecule has 5 heteroatoms. The monoisotopic (exact) mass is 219 g/mol. The minimum Gasteiger partial charge on any atom is -0.340 e. The van der Waals surface area contributed by atoms with E-state index in [-0.39, 0.29) is 17.4 Å². The van der Waals surface area contributed by atoms with Gasteiger partial charge in [0.25, 0.3) is 0 Å². The molecule has 0 spiro atoms. The molecule has 0 aliphatic carbocycles. The first-order chi connectivity index (χ1) is 6.22. The quantitative estimate of drug-likeness (QED) is 0.588. The van der Waals surface area contributed by atoms with Gasteiger partial charge in [0.05, 0.1) is 11.5 Å². The first-order valence-corrected chi connectivity index (χ1v) is 6.54. The lowest BCUT2D eigenvalue weighted by Gasteiger charge is -2.32. The fourth-order valence-corrected chi connectivity index (χ4v) is 2.59. The number of amides is 1. The Morgan fingerprint density at radius 2 is 1.57 bits per heavy atom. The van der Waals surface area contributed by atoms with Gasteiger partial charge in [-0.3, -0.25) is 4.79 Å². The van der Waals surface area contributed by atoms with Crippen LogP contribution < -0.4 is 0 Å². The molecule has 1 rings (SSSR count). The Morgan fingerprint density at radius 1 is 1.14 bits per heavy atom. The molecule has 0 bridgehead atoms. The van der Waals surface area contributed by atoms with Crippen molar-refractivity contribution in [2.24, 2.45) is 5.41 Å². The van der Waals surface area contributed by atoms with Gasteiger partial charge in [-0.25, -0.2) is 8.42 Å². The zero-order valence-electron chi connectivity index (χ0n) is 8.91. The highest BCUT2D eigenvalue weighted by Crippen LogP contribution is 2.18. The highest BCUT2D eigenvalue weighted by Gasteiger charge is 2.31. The second kappa shape index (κ2) is 3.53. The lowest BCUT2D eigenvalue weighted by Crippen LogP contribution is -2.47. The number of nitrogens with zero attached hydrogens (tertiary/aromatic N) is 1. The van der Waals surface area contributed by atoms with Crippen LogP contribution in [-0.2, 0) is 14.6 Å². The van der Waals surface area contributed by atoms with Crippen molar-refractivity contribution in [3.63, 3.8) is 0 Å². The second-order valence-corrected chi connectivity index (χ2v) is 7.00. The highest BCUT2D eigenvalue weighted by molar-refractivity contribution is 7.91. The Bertz CT molecular complexity index is 312. The number of carbonyl (C=O) groups is 1. The fraction of sp³-hybridized carbons (Fsp3) is 0.889. The first-order valence-electron chi connectivity index (χ1n) is 4.72. The Morgan fingerprint density at radius 3 is 1.93 bits per heavy atom. The molecule has 1 amide bonds. The first kappa shape index (κ1) is 11.5. The van der Waals surface area contributed by atoms with Gasteiger partial charge in [0.15, 0.2) is 9.84 Å². The Hall–Kier alpha value is -0.580. The van der Waals surface area contributed by atoms with Gasteiger partial charge >= 0.3 is 0 Å². The Balaban J connectivity index is 2.63. The molecule has 0 saturated carbocycles. The molecule has 0 unspecified atom stereocenters. The molecule has 14 heavy (non-hydrogen) atoms. The Labute approximate surface area is 85.2 Å². The molecule has 82 valence electrons. The van der Waals surface area contributed by atoms with E-state index in [1.54, 1.807) is 4.90 Å². The van der Waals surface area contributed by atoms with Crippen LogP contribution in [0.2, 0.25) is 0 Å². The minimum atomic E-state index is -2.89. The van der Waals surface area contributed by atoms with E-state index < -0.39 is 15.3 Å². The topological polar surface area (TPSA) is 54.5 Å². The summed E-state index contributed by atoms with van der Waals surface area (Å²) in [5, 5.41) is 0. The molecule has 0 aromatic carbocycles. The average molecular weight is 219 g/mol. The van der Waals surface area contributed by atoms with Crippen molar-refractivity contribution < 1.29 is 13.2 Å². The summed E-state index contributed by atoms with van der Waals surface area (Å²) in [4.78, 5) is 13.4. The van der Waals surface area contributed by atoms with Crippen LogP contribution in [0.15, 0.2) is 0 Å². The van der Waals surface area contributed by atoms with E-state index in [9.17, 15) is 13.2 Å². The van der Waals surface area contributed by atoms with Crippen LogP contribution in [-0.4, -0.2) is 43.8 Å². The summed E-state index contributed by atoms with van der Waals surface area (Å²) in [6.07, 6.45) is 0. The van der Waals surface area contributed by atoms with Gasteiger partial charge in [-0.2, -0.15) is 0 Å². The average Bonchev–Trinajstić information content (AvgIpc) is 2.01. The van der Waals surface area contributed by atoms with Crippen LogP contribution in [0.25, 0.3) is 0 Å². The maximum Gasteiger partial charge on any atom is 0.228 e. The van der Waals surface area contributed by atoms with Crippen molar-refractivity contribution in [1.29, 1.82) is 0 Å². The van der Waals surface area contributed by atoms with Gasteiger partial charge in [0.2, 0.25) is 5.91 Å². The van der Waals surface area contributed by atoms with Crippen molar-refractivity contribution in [2.75, 3.05) is 24.6 Å². The van der Waals surface area contributed by atoms with Crippen molar-refractivity contribution in [3.8, 4) is 0 Å². The number of carbonyl (C=O) groups excluding carboxylic acids is 1. The lowest BCUT2D eigenvalue weighted by atomic mass is 9.95. The summed E-state index contributed by atoms with van der Waals surface area (Å²) < 4.78 is 22.3. The van der Waals surface area contributed by atoms with E-state index in [4.69, 9.17) is 0 Å². The summed E-state index contributed by atoms with van der Waals surface area (Å²) >= 11 is 0. The van der Waals surface area contributed by atoms with Gasteiger partial charge in [0, 0.05) is 18.5 Å². The summed E-state index contributed by atoms with van der Waals surface area (Å²) in [5.41, 5.74) is -0.416. The predicted octanol–water partition coefficient (Wildman–Crippen LogP) is 0.290. The van der Waals surface area contributed by atoms with Crippen LogP contribution in [0.5, 0.6) is 0 Å². The van der Waals surface area contributed by atoms with Crippen molar-refractivity contribution in [2.45, 2.75) is 20.8 Å². The molecule has 0 radical (unpaired) electrons. The summed E-state index contributed by atoms with van der Waals surface area (Å²) in [6.45, 7) is 6.23. The van der Waals surface area contributed by atoms with Crippen LogP contribution in [0, 0.1) is 5.41 Å². The number of sulfone groups is 1. The van der Waals surface area contributed by atoms with Gasteiger partial charge in [0.1, 0.15) is 0 Å². The molecular formula is C9H17NO3S. The van der Waals surface area contributed by atoms with E-state index >= 15 is 0 Å². The SMILES string of the molecule is CC(C)(C)C(=O)N1CCS(=O)(=O)CC1. The van der Waals surface area contributed by atoms with E-state index in [1.165, 1.54) is 0 Å². The summed E-state index contributed by atoms with van der Waals surface area (Å²) in [6, 6.07) is 0. The third kappa shape index (κ3) is 2.70. The largest absolute Gasteiger partial charge is 0.340 e. The third-order valence-electron chi connectivity index (χ3n) is 2.27. The second-order valence-electron chi connectivity index (χ2n) is 4.69. The molecule has 1 fully saturated rings. The molecule has 1 aliphatic rings. The van der Waals surface area contributed by atoms with Crippen LogP contribution in [0.3, 0.4) is 0 Å². The van der Waals surface area contributed by atoms with Crippen LogP contribution in [0.1, 0.15) is 20.8 Å². The number of hydrogen-bond acceptors (Lipinski definition) is 3. The summed E-state index contributed by atoms with van der Waals surface area (Å²) in [5.74, 6) is 0.247. The van der Waals surface area contributed by atoms with Crippen molar-refractivity contribution in [1.82, 2.24) is 4.90 Å². The maximum atomic E-state index is 11.8. The molecule has 1 aliphatic heterocycles. The van der Waals surface area contributed by atoms with E-state index in [0.29, 0.717) is 13.1 Å². The fourth-order valence-electron chi connectivity index (χ4n) is 1.39. The molecule has 0 atom stereocenters. The van der Waals surface area contributed by atoms with Gasteiger partial charge in [-0.05, 0) is 0 Å². The van der Waals surface area contributed by atoms with Crippen LogP contribution in [0.4, 0.5) is 0 Å². The standard InChI is InChI=1S/C9H17NO3S/c1-9(2,3)8(11)10-4-6-14(12,13)7-5-10/h4-7H2,1-3H3. The minimum absolute atomic E-state index is 0.0346. The highest BCUT2D eigenvalue weighted by atomic mass is 32.2. The molecule has 0 aromatic rings. The van der Waals surface area contributed by atoms with Gasteiger partial charge in [-0.1, -0.05) is 20.8 Å². The normalized spacial score (nSPS) is 22.1. The number of rotatable bonds is 0. The maximum absolute atomic E-state index is 11.8. The van der Waals surface area contributed by atoms with E-state index in [1.807, 2.05) is 20.8 Å². The van der Waals surface area contributed by atoms with E-state index in [2.05, 4.69) is 0 Å². The Kier molecular flexibility index (Phi) is 2.90. The molecule has 0 N–H and O–H groups in total. The molecule has 0 aromatic heterocycles. The lowest BCUT2D eigenvalue weighted by molar-refractivity contribution is -0.139. The van der Waals surface area contributed by atoms with Crippen LogP contribution >= 0.6 is 0 Å². The molecular weight excluding hydrogens is 202 g/mol. The van der Waals surface area contributed by atoms with Gasteiger partial charge in [-0.15, -0.1) is 0 Å². The molecule has 1 heterocycles. The van der Waals surface area contributed by atoms with Crippen molar-refractivity contribution >= 4 is 15.7 Å². The zero-order valence-corrected chi connectivity index (χ0v) is 9.73. The zero-order chi connectivity index (χ0) is 11.0. The summed E-state index contributed by atoms with van der Waals surface area (Å²) in [7, 11) is -2.89.